The van der Waals surface area contributed by atoms with Gasteiger partial charge in [-0.05, 0) is 92.7 Å². The fraction of sp³-hybridized carbons (Fsp3) is 0.222. The van der Waals surface area contributed by atoms with Gasteiger partial charge in [0.2, 0.25) is 16.8 Å². The van der Waals surface area contributed by atoms with Gasteiger partial charge < -0.3 is 14.8 Å². The van der Waals surface area contributed by atoms with Gasteiger partial charge >= 0.3 is 6.18 Å². The highest BCUT2D eigenvalue weighted by Gasteiger charge is 2.35. The molecule has 0 saturated heterocycles. The average molecular weight is 561 g/mol. The smallest absolute Gasteiger partial charge is 0.435 e. The molecule has 0 radical (unpaired) electrons. The standard InChI is InChI=1S/C27H27F3N4O4S/c1-18(32-2)15-19-3-9-22(10-4-19)37-17-38-23-11-5-20(6-12-23)25-16-26(27(28,29)30)33-34(25)21-7-13-24(14-8-21)39(31,35)36/h3-14,16,18,32H,15,17H2,1-2H3,(H2,31,35,36). The van der Waals surface area contributed by atoms with E-state index in [1.54, 1.807) is 24.3 Å². The van der Waals surface area contributed by atoms with E-state index in [1.807, 2.05) is 31.3 Å². The van der Waals surface area contributed by atoms with Crippen LogP contribution in [0, 0.1) is 0 Å². The van der Waals surface area contributed by atoms with Crippen molar-refractivity contribution in [3.63, 3.8) is 0 Å². The number of hydrogen-bond donors (Lipinski definition) is 2. The average Bonchev–Trinajstić information content (AvgIpc) is 3.36. The largest absolute Gasteiger partial charge is 0.458 e. The van der Waals surface area contributed by atoms with E-state index in [1.165, 1.54) is 29.8 Å². The van der Waals surface area contributed by atoms with Crippen molar-refractivity contribution >= 4 is 10.0 Å². The number of nitrogens with zero attached hydrogens (tertiary/aromatic N) is 2. The molecular formula is C27H27F3N4O4S. The molecule has 39 heavy (non-hydrogen) atoms. The second-order valence-corrected chi connectivity index (χ2v) is 10.4. The van der Waals surface area contributed by atoms with Gasteiger partial charge in [-0.1, -0.05) is 12.1 Å². The first kappa shape index (κ1) is 28.1. The highest BCUT2D eigenvalue weighted by molar-refractivity contribution is 7.89. The molecule has 1 heterocycles. The Hall–Kier alpha value is -3.87. The molecule has 206 valence electrons. The molecule has 0 aliphatic rings. The van der Waals surface area contributed by atoms with Gasteiger partial charge in [0.05, 0.1) is 16.3 Å². The summed E-state index contributed by atoms with van der Waals surface area (Å²) in [5, 5.41) is 12.0. The lowest BCUT2D eigenvalue weighted by Gasteiger charge is -2.12. The van der Waals surface area contributed by atoms with Gasteiger partial charge in [0.15, 0.2) is 5.69 Å². The number of aromatic nitrogens is 2. The Morgan fingerprint density at radius 3 is 2.03 bits per heavy atom. The van der Waals surface area contributed by atoms with E-state index in [4.69, 9.17) is 14.6 Å². The van der Waals surface area contributed by atoms with Gasteiger partial charge in [0, 0.05) is 11.6 Å². The van der Waals surface area contributed by atoms with Crippen LogP contribution in [0.5, 0.6) is 11.5 Å². The van der Waals surface area contributed by atoms with Gasteiger partial charge in [-0.15, -0.1) is 0 Å². The second-order valence-electron chi connectivity index (χ2n) is 8.83. The summed E-state index contributed by atoms with van der Waals surface area (Å²) in [6, 6.07) is 20.5. The van der Waals surface area contributed by atoms with Crippen LogP contribution in [0.1, 0.15) is 18.2 Å². The van der Waals surface area contributed by atoms with E-state index in [9.17, 15) is 21.6 Å². The van der Waals surface area contributed by atoms with E-state index in [0.29, 0.717) is 23.1 Å². The van der Waals surface area contributed by atoms with Crippen molar-refractivity contribution in [2.24, 2.45) is 5.14 Å². The summed E-state index contributed by atoms with van der Waals surface area (Å²) in [6.45, 7) is 2.04. The Morgan fingerprint density at radius 2 is 1.51 bits per heavy atom. The Bertz CT molecular complexity index is 1500. The van der Waals surface area contributed by atoms with E-state index < -0.39 is 21.9 Å². The van der Waals surface area contributed by atoms with Gasteiger partial charge in [-0.3, -0.25) is 0 Å². The van der Waals surface area contributed by atoms with Crippen molar-refractivity contribution in [3.05, 3.63) is 90.1 Å². The highest BCUT2D eigenvalue weighted by Crippen LogP contribution is 2.34. The SMILES string of the molecule is CNC(C)Cc1ccc(OCOc2ccc(-c3cc(C(F)(F)F)nn3-c3ccc(S(N)(=O)=O)cc3)cc2)cc1. The minimum Gasteiger partial charge on any atom is -0.458 e. The monoisotopic (exact) mass is 560 g/mol. The summed E-state index contributed by atoms with van der Waals surface area (Å²) in [6.07, 6.45) is -3.78. The summed E-state index contributed by atoms with van der Waals surface area (Å²) in [5.41, 5.74) is 0.907. The van der Waals surface area contributed by atoms with Crippen LogP contribution < -0.4 is 19.9 Å². The van der Waals surface area contributed by atoms with Crippen LogP contribution in [-0.4, -0.2) is 38.1 Å². The molecule has 0 aliphatic carbocycles. The lowest BCUT2D eigenvalue weighted by molar-refractivity contribution is -0.141. The summed E-state index contributed by atoms with van der Waals surface area (Å²) in [4.78, 5) is -0.168. The molecule has 3 N–H and O–H groups in total. The lowest BCUT2D eigenvalue weighted by Crippen LogP contribution is -2.23. The molecule has 0 fully saturated rings. The molecule has 4 rings (SSSR count). The number of hydrogen-bond acceptors (Lipinski definition) is 6. The predicted molar refractivity (Wildman–Crippen MR) is 140 cm³/mol. The molecule has 4 aromatic rings. The van der Waals surface area contributed by atoms with Gasteiger partial charge in [0.1, 0.15) is 11.5 Å². The molecule has 0 bridgehead atoms. The first-order valence-corrected chi connectivity index (χ1v) is 13.4. The summed E-state index contributed by atoms with van der Waals surface area (Å²) >= 11 is 0. The third-order valence-corrected chi connectivity index (χ3v) is 6.90. The van der Waals surface area contributed by atoms with Crippen LogP contribution in [0.15, 0.2) is 83.8 Å². The van der Waals surface area contributed by atoms with Crippen molar-refractivity contribution in [2.75, 3.05) is 13.8 Å². The number of rotatable bonds is 10. The van der Waals surface area contributed by atoms with Gasteiger partial charge in [-0.25, -0.2) is 18.2 Å². The van der Waals surface area contributed by atoms with Crippen LogP contribution in [0.25, 0.3) is 16.9 Å². The molecule has 1 aromatic heterocycles. The van der Waals surface area contributed by atoms with Gasteiger partial charge in [0.25, 0.3) is 0 Å². The third kappa shape index (κ3) is 7.16. The molecule has 0 aliphatic heterocycles. The highest BCUT2D eigenvalue weighted by atomic mass is 32.2. The minimum atomic E-state index is -4.68. The maximum absolute atomic E-state index is 13.5. The lowest BCUT2D eigenvalue weighted by atomic mass is 10.1. The zero-order valence-electron chi connectivity index (χ0n) is 21.1. The maximum Gasteiger partial charge on any atom is 0.435 e. The number of halogens is 3. The molecular weight excluding hydrogens is 533 g/mol. The van der Waals surface area contributed by atoms with E-state index in [0.717, 1.165) is 17.2 Å². The number of likely N-dealkylation sites (N-methyl/N-ethyl adjacent to an activating group) is 1. The summed E-state index contributed by atoms with van der Waals surface area (Å²) in [5.74, 6) is 1.10. The fourth-order valence-electron chi connectivity index (χ4n) is 3.76. The van der Waals surface area contributed by atoms with Gasteiger partial charge in [-0.2, -0.15) is 18.3 Å². The first-order chi connectivity index (χ1) is 18.4. The van der Waals surface area contributed by atoms with Crippen LogP contribution in [0.4, 0.5) is 13.2 Å². The zero-order valence-corrected chi connectivity index (χ0v) is 22.0. The molecule has 3 aromatic carbocycles. The topological polar surface area (TPSA) is 108 Å². The number of sulfonamides is 1. The number of primary sulfonamides is 1. The van der Waals surface area contributed by atoms with Crippen LogP contribution in [0.2, 0.25) is 0 Å². The molecule has 0 spiro atoms. The molecule has 0 amide bonds. The Morgan fingerprint density at radius 1 is 0.949 bits per heavy atom. The van der Waals surface area contributed by atoms with Crippen molar-refractivity contribution in [2.45, 2.75) is 30.5 Å². The quantitative estimate of drug-likeness (QED) is 0.271. The van der Waals surface area contributed by atoms with Crippen molar-refractivity contribution < 1.29 is 31.1 Å². The van der Waals surface area contributed by atoms with Crippen molar-refractivity contribution in [1.82, 2.24) is 15.1 Å². The molecule has 0 saturated carbocycles. The summed E-state index contributed by atoms with van der Waals surface area (Å²) < 4.78 is 75.8. The van der Waals surface area contributed by atoms with Crippen molar-refractivity contribution in [3.8, 4) is 28.4 Å². The Labute approximate surface area is 224 Å². The molecule has 8 nitrogen and oxygen atoms in total. The Kier molecular flexibility index (Phi) is 8.28. The van der Waals surface area contributed by atoms with Crippen LogP contribution in [-0.2, 0) is 22.6 Å². The number of alkyl halides is 3. The molecule has 12 heteroatoms. The third-order valence-electron chi connectivity index (χ3n) is 5.97. The molecule has 1 atom stereocenters. The van der Waals surface area contributed by atoms with Crippen LogP contribution in [0.3, 0.4) is 0 Å². The fourth-order valence-corrected chi connectivity index (χ4v) is 4.28. The van der Waals surface area contributed by atoms with E-state index in [2.05, 4.69) is 17.3 Å². The van der Waals surface area contributed by atoms with E-state index in [-0.39, 0.29) is 23.1 Å². The predicted octanol–water partition coefficient (Wildman–Crippen LogP) is 4.77. The minimum absolute atomic E-state index is 0.0574. The number of nitrogens with two attached hydrogens (primary N) is 1. The summed E-state index contributed by atoms with van der Waals surface area (Å²) in [7, 11) is -2.04. The Balaban J connectivity index is 1.48. The number of ether oxygens (including phenoxy) is 2. The first-order valence-electron chi connectivity index (χ1n) is 11.9. The second kappa shape index (κ2) is 11.5. The normalized spacial score (nSPS) is 12.8. The van der Waals surface area contributed by atoms with Crippen molar-refractivity contribution in [1.29, 1.82) is 0 Å². The maximum atomic E-state index is 13.5. The van der Waals surface area contributed by atoms with E-state index >= 15 is 0 Å². The van der Waals surface area contributed by atoms with Crippen LogP contribution >= 0.6 is 0 Å². The zero-order chi connectivity index (χ0) is 28.2. The molecule has 1 unspecified atom stereocenters. The number of benzene rings is 3. The number of nitrogens with one attached hydrogen (secondary N) is 1.